The van der Waals surface area contributed by atoms with Crippen molar-refractivity contribution in [3.8, 4) is 5.75 Å². The number of hydrogen-bond donors (Lipinski definition) is 1. The monoisotopic (exact) mass is 334 g/mol. The third kappa shape index (κ3) is 3.59. The average molecular weight is 334 g/mol. The van der Waals surface area contributed by atoms with Crippen molar-refractivity contribution < 1.29 is 13.5 Å². The fourth-order valence-corrected chi connectivity index (χ4v) is 3.05. The highest BCUT2D eigenvalue weighted by Gasteiger charge is 2.12. The molecule has 6 heteroatoms. The Hall–Kier alpha value is -2.21. The fourth-order valence-electron chi connectivity index (χ4n) is 2.12. The summed E-state index contributed by atoms with van der Waals surface area (Å²) in [5.41, 5.74) is 1.40. The molecule has 23 heavy (non-hydrogen) atoms. The number of aromatic nitrogens is 1. The molecule has 0 atom stereocenters. The summed E-state index contributed by atoms with van der Waals surface area (Å²) in [6.45, 7) is 3.21. The van der Waals surface area contributed by atoms with Crippen LogP contribution in [0.3, 0.4) is 0 Å². The largest absolute Gasteiger partial charge is 0.494 e. The number of fused-ring (bicyclic) bond motifs is 1. The second-order valence-electron chi connectivity index (χ2n) is 5.04. The van der Waals surface area contributed by atoms with Crippen molar-refractivity contribution in [3.05, 3.63) is 53.0 Å². The maximum Gasteiger partial charge on any atom is 0.178 e. The summed E-state index contributed by atoms with van der Waals surface area (Å²) >= 11 is 1.16. The highest BCUT2D eigenvalue weighted by molar-refractivity contribution is 7.18. The van der Waals surface area contributed by atoms with Gasteiger partial charge in [0.05, 0.1) is 23.4 Å². The first-order chi connectivity index (χ1) is 11.2. The van der Waals surface area contributed by atoms with Crippen molar-refractivity contribution in [2.45, 2.75) is 19.9 Å². The number of thiazole rings is 1. The van der Waals surface area contributed by atoms with Gasteiger partial charge in [-0.1, -0.05) is 6.92 Å². The summed E-state index contributed by atoms with van der Waals surface area (Å²) in [5.74, 6) is -0.845. The number of rotatable bonds is 6. The molecule has 0 aliphatic carbocycles. The van der Waals surface area contributed by atoms with E-state index in [1.54, 1.807) is 0 Å². The molecular weight excluding hydrogens is 318 g/mol. The van der Waals surface area contributed by atoms with Gasteiger partial charge < -0.3 is 10.1 Å². The van der Waals surface area contributed by atoms with Crippen LogP contribution in [-0.2, 0) is 6.54 Å². The molecule has 120 valence electrons. The van der Waals surface area contributed by atoms with Gasteiger partial charge in [0.15, 0.2) is 11.6 Å². The van der Waals surface area contributed by atoms with Crippen LogP contribution in [0.1, 0.15) is 18.4 Å². The average Bonchev–Trinajstić information content (AvgIpc) is 2.99. The molecule has 0 saturated heterocycles. The van der Waals surface area contributed by atoms with E-state index in [1.807, 2.05) is 24.3 Å². The van der Waals surface area contributed by atoms with Crippen LogP contribution in [-0.4, -0.2) is 11.6 Å². The van der Waals surface area contributed by atoms with Crippen LogP contribution in [0.4, 0.5) is 14.5 Å². The van der Waals surface area contributed by atoms with Crippen molar-refractivity contribution in [2.24, 2.45) is 0 Å². The highest BCUT2D eigenvalue weighted by Crippen LogP contribution is 2.27. The van der Waals surface area contributed by atoms with Crippen LogP contribution in [0.15, 0.2) is 36.4 Å². The lowest BCUT2D eigenvalue weighted by atomic mass is 10.3. The lowest BCUT2D eigenvalue weighted by Gasteiger charge is -2.07. The molecule has 3 nitrogen and oxygen atoms in total. The minimum atomic E-state index is -0.844. The minimum Gasteiger partial charge on any atom is -0.494 e. The minimum absolute atomic E-state index is 0.255. The predicted octanol–water partition coefficient (Wildman–Crippen LogP) is 4.98. The molecule has 0 amide bonds. The van der Waals surface area contributed by atoms with Gasteiger partial charge in [-0.05, 0) is 42.8 Å². The van der Waals surface area contributed by atoms with Gasteiger partial charge in [-0.15, -0.1) is 11.3 Å². The molecule has 1 heterocycles. The first-order valence-electron chi connectivity index (χ1n) is 7.37. The second kappa shape index (κ2) is 6.91. The lowest BCUT2D eigenvalue weighted by molar-refractivity contribution is 0.317. The van der Waals surface area contributed by atoms with Crippen LogP contribution in [0, 0.1) is 11.6 Å². The molecule has 1 aromatic heterocycles. The second-order valence-corrected chi connectivity index (χ2v) is 6.13. The van der Waals surface area contributed by atoms with E-state index in [2.05, 4.69) is 17.2 Å². The molecule has 0 unspecified atom stereocenters. The third-order valence-electron chi connectivity index (χ3n) is 3.27. The molecule has 0 fully saturated rings. The van der Waals surface area contributed by atoms with Gasteiger partial charge in [0.2, 0.25) is 0 Å². The Labute approximate surface area is 136 Å². The van der Waals surface area contributed by atoms with E-state index in [0.717, 1.165) is 35.3 Å². The molecule has 0 aliphatic heterocycles. The zero-order chi connectivity index (χ0) is 16.2. The third-order valence-corrected chi connectivity index (χ3v) is 4.33. The van der Waals surface area contributed by atoms with Gasteiger partial charge in [-0.25, -0.2) is 13.8 Å². The van der Waals surface area contributed by atoms with Crippen LogP contribution in [0.2, 0.25) is 0 Å². The van der Waals surface area contributed by atoms with Crippen molar-refractivity contribution in [1.29, 1.82) is 0 Å². The Morgan fingerprint density at radius 2 is 1.91 bits per heavy atom. The number of nitrogens with one attached hydrogen (secondary N) is 1. The Kier molecular flexibility index (Phi) is 4.71. The SMILES string of the molecule is CCCOc1ccc(NCc2nc3ccc(F)c(F)c3s2)cc1. The lowest BCUT2D eigenvalue weighted by Crippen LogP contribution is -1.99. The molecule has 3 rings (SSSR count). The summed E-state index contributed by atoms with van der Waals surface area (Å²) in [7, 11) is 0. The van der Waals surface area contributed by atoms with Crippen molar-refractivity contribution in [1.82, 2.24) is 4.98 Å². The predicted molar refractivity (Wildman–Crippen MR) is 89.1 cm³/mol. The molecule has 0 radical (unpaired) electrons. The fraction of sp³-hybridized carbons (Fsp3) is 0.235. The number of halogens is 2. The Balaban J connectivity index is 1.67. The number of anilines is 1. The number of benzene rings is 2. The summed E-state index contributed by atoms with van der Waals surface area (Å²) in [6.07, 6.45) is 0.967. The first kappa shape index (κ1) is 15.7. The standard InChI is InChI=1S/C17H16F2N2OS/c1-2-9-22-12-5-3-11(4-6-12)20-10-15-21-14-8-7-13(18)16(19)17(14)23-15/h3-8,20H,2,9-10H2,1H3. The molecule has 0 aliphatic rings. The van der Waals surface area contributed by atoms with Crippen LogP contribution in [0.5, 0.6) is 5.75 Å². The van der Waals surface area contributed by atoms with Gasteiger partial charge in [0.25, 0.3) is 0 Å². The van der Waals surface area contributed by atoms with Crippen LogP contribution < -0.4 is 10.1 Å². The normalized spacial score (nSPS) is 10.9. The maximum absolute atomic E-state index is 13.7. The summed E-state index contributed by atoms with van der Waals surface area (Å²) in [6, 6.07) is 10.2. The highest BCUT2D eigenvalue weighted by atomic mass is 32.1. The zero-order valence-electron chi connectivity index (χ0n) is 12.6. The molecular formula is C17H16F2N2OS. The molecule has 3 aromatic rings. The van der Waals surface area contributed by atoms with Gasteiger partial charge in [0.1, 0.15) is 10.8 Å². The smallest absolute Gasteiger partial charge is 0.178 e. The molecule has 0 saturated carbocycles. The van der Waals surface area contributed by atoms with E-state index in [-0.39, 0.29) is 4.70 Å². The van der Waals surface area contributed by atoms with E-state index < -0.39 is 11.6 Å². The number of nitrogens with zero attached hydrogens (tertiary/aromatic N) is 1. The summed E-state index contributed by atoms with van der Waals surface area (Å²) in [5, 5.41) is 3.92. The summed E-state index contributed by atoms with van der Waals surface area (Å²) in [4.78, 5) is 4.31. The Morgan fingerprint density at radius 3 is 2.65 bits per heavy atom. The molecule has 0 bridgehead atoms. The van der Waals surface area contributed by atoms with E-state index in [0.29, 0.717) is 23.7 Å². The summed E-state index contributed by atoms with van der Waals surface area (Å²) < 4.78 is 32.7. The Bertz CT molecular complexity index is 802. The van der Waals surface area contributed by atoms with E-state index in [9.17, 15) is 8.78 Å². The number of hydrogen-bond acceptors (Lipinski definition) is 4. The van der Waals surface area contributed by atoms with Gasteiger partial charge in [0, 0.05) is 5.69 Å². The zero-order valence-corrected chi connectivity index (χ0v) is 13.4. The maximum atomic E-state index is 13.7. The molecule has 0 spiro atoms. The van der Waals surface area contributed by atoms with Gasteiger partial charge in [-0.2, -0.15) is 0 Å². The van der Waals surface area contributed by atoms with Crippen molar-refractivity contribution in [3.63, 3.8) is 0 Å². The number of ether oxygens (including phenoxy) is 1. The first-order valence-corrected chi connectivity index (χ1v) is 8.19. The van der Waals surface area contributed by atoms with Crippen LogP contribution in [0.25, 0.3) is 10.2 Å². The molecule has 2 aromatic carbocycles. The molecule has 1 N–H and O–H groups in total. The van der Waals surface area contributed by atoms with Crippen LogP contribution >= 0.6 is 11.3 Å². The topological polar surface area (TPSA) is 34.1 Å². The van der Waals surface area contributed by atoms with Gasteiger partial charge >= 0.3 is 0 Å². The van der Waals surface area contributed by atoms with E-state index in [4.69, 9.17) is 4.74 Å². The van der Waals surface area contributed by atoms with Crippen molar-refractivity contribution >= 4 is 27.2 Å². The van der Waals surface area contributed by atoms with E-state index in [1.165, 1.54) is 6.07 Å². The van der Waals surface area contributed by atoms with E-state index >= 15 is 0 Å². The quantitative estimate of drug-likeness (QED) is 0.691. The Morgan fingerprint density at radius 1 is 1.13 bits per heavy atom. The van der Waals surface area contributed by atoms with Crippen molar-refractivity contribution in [2.75, 3.05) is 11.9 Å². The van der Waals surface area contributed by atoms with Gasteiger partial charge in [-0.3, -0.25) is 0 Å².